The van der Waals surface area contributed by atoms with Crippen molar-refractivity contribution in [2.45, 2.75) is 40.5 Å². The van der Waals surface area contributed by atoms with Gasteiger partial charge in [-0.05, 0) is 49.9 Å². The second-order valence-corrected chi connectivity index (χ2v) is 4.54. The van der Waals surface area contributed by atoms with Crippen molar-refractivity contribution >= 4 is 17.0 Å². The summed E-state index contributed by atoms with van der Waals surface area (Å²) in [6.45, 7) is 8.34. The van der Waals surface area contributed by atoms with Crippen molar-refractivity contribution in [3.8, 4) is 0 Å². The van der Waals surface area contributed by atoms with Crippen LogP contribution in [0.25, 0.3) is 17.0 Å². The monoisotopic (exact) mass is 227 g/mol. The predicted octanol–water partition coefficient (Wildman–Crippen LogP) is 4.85. The highest BCUT2D eigenvalue weighted by Crippen LogP contribution is 2.30. The number of H-pyrrole nitrogens is 1. The highest BCUT2D eigenvalue weighted by Gasteiger charge is 2.12. The van der Waals surface area contributed by atoms with E-state index in [0.29, 0.717) is 0 Å². The lowest BCUT2D eigenvalue weighted by molar-refractivity contribution is 0.936. The van der Waals surface area contributed by atoms with E-state index >= 15 is 0 Å². The van der Waals surface area contributed by atoms with Crippen molar-refractivity contribution in [3.63, 3.8) is 0 Å². The van der Waals surface area contributed by atoms with Gasteiger partial charge < -0.3 is 4.98 Å². The predicted molar refractivity (Wildman–Crippen MR) is 76.4 cm³/mol. The van der Waals surface area contributed by atoms with E-state index in [1.54, 1.807) is 0 Å². The molecule has 1 heterocycles. The van der Waals surface area contributed by atoms with Gasteiger partial charge >= 0.3 is 0 Å². The first-order chi connectivity index (χ1) is 8.24. The zero-order chi connectivity index (χ0) is 12.4. The van der Waals surface area contributed by atoms with Gasteiger partial charge in [0.2, 0.25) is 0 Å². The summed E-state index contributed by atoms with van der Waals surface area (Å²) in [5, 5.41) is 1.41. The minimum Gasteiger partial charge on any atom is -0.359 e. The summed E-state index contributed by atoms with van der Waals surface area (Å²) in [5.41, 5.74) is 6.95. The molecule has 2 aromatic rings. The van der Waals surface area contributed by atoms with E-state index in [2.05, 4.69) is 43.1 Å². The Morgan fingerprint density at radius 1 is 1.06 bits per heavy atom. The number of nitrogens with one attached hydrogen (secondary N) is 1. The Hall–Kier alpha value is -1.50. The molecule has 0 saturated carbocycles. The molecular formula is C16H21N. The Bertz CT molecular complexity index is 558. The minimum atomic E-state index is 1.19. The fraction of sp³-hybridized carbons (Fsp3) is 0.375. The fourth-order valence-corrected chi connectivity index (χ4v) is 2.49. The summed E-state index contributed by atoms with van der Waals surface area (Å²) in [6.07, 6.45) is 4.71. The highest BCUT2D eigenvalue weighted by atomic mass is 14.7. The molecule has 1 heteroatoms. The van der Waals surface area contributed by atoms with E-state index in [1.165, 1.54) is 46.1 Å². The highest BCUT2D eigenvalue weighted by molar-refractivity contribution is 5.88. The van der Waals surface area contributed by atoms with Crippen LogP contribution in [0.3, 0.4) is 0 Å². The largest absolute Gasteiger partial charge is 0.359 e. The van der Waals surface area contributed by atoms with Gasteiger partial charge in [0.15, 0.2) is 0 Å². The van der Waals surface area contributed by atoms with Crippen molar-refractivity contribution < 1.29 is 0 Å². The smallest absolute Gasteiger partial charge is 0.0459 e. The van der Waals surface area contributed by atoms with Crippen LogP contribution in [0.2, 0.25) is 0 Å². The van der Waals surface area contributed by atoms with Gasteiger partial charge in [0, 0.05) is 16.6 Å². The molecule has 0 bridgehead atoms. The summed E-state index contributed by atoms with van der Waals surface area (Å²) < 4.78 is 0. The summed E-state index contributed by atoms with van der Waals surface area (Å²) in [6, 6.07) is 6.69. The van der Waals surface area contributed by atoms with Crippen LogP contribution in [-0.2, 0) is 6.42 Å². The molecule has 3 rings (SSSR count). The lowest BCUT2D eigenvalue weighted by atomic mass is 9.90. The van der Waals surface area contributed by atoms with Gasteiger partial charge in [0.1, 0.15) is 0 Å². The molecule has 0 unspecified atom stereocenters. The SMILES string of the molecule is CC.CC1=Cc2ccc3[nH]c(C)cc3c2CC1. The van der Waals surface area contributed by atoms with E-state index in [9.17, 15) is 0 Å². The molecule has 1 aliphatic carbocycles. The molecule has 1 aromatic carbocycles. The fourth-order valence-electron chi connectivity index (χ4n) is 2.49. The lowest BCUT2D eigenvalue weighted by Crippen LogP contribution is -1.97. The van der Waals surface area contributed by atoms with Gasteiger partial charge in [-0.15, -0.1) is 0 Å². The number of benzene rings is 1. The maximum atomic E-state index is 3.40. The van der Waals surface area contributed by atoms with Gasteiger partial charge in [-0.1, -0.05) is 31.6 Å². The first-order valence-electron chi connectivity index (χ1n) is 6.52. The maximum absolute atomic E-state index is 3.40. The van der Waals surface area contributed by atoms with Crippen LogP contribution in [0, 0.1) is 6.92 Å². The molecule has 0 saturated heterocycles. The molecule has 0 amide bonds. The Morgan fingerprint density at radius 2 is 1.82 bits per heavy atom. The number of fused-ring (bicyclic) bond motifs is 3. The Kier molecular flexibility index (Phi) is 3.37. The van der Waals surface area contributed by atoms with E-state index in [4.69, 9.17) is 0 Å². The summed E-state index contributed by atoms with van der Waals surface area (Å²) in [5.74, 6) is 0. The number of aryl methyl sites for hydroxylation is 2. The lowest BCUT2D eigenvalue weighted by Gasteiger charge is -2.14. The quantitative estimate of drug-likeness (QED) is 0.662. The van der Waals surface area contributed by atoms with Crippen LogP contribution in [-0.4, -0.2) is 4.98 Å². The topological polar surface area (TPSA) is 15.8 Å². The van der Waals surface area contributed by atoms with Crippen molar-refractivity contribution in [2.75, 3.05) is 0 Å². The molecule has 0 spiro atoms. The zero-order valence-electron chi connectivity index (χ0n) is 11.2. The minimum absolute atomic E-state index is 1.19. The summed E-state index contributed by atoms with van der Waals surface area (Å²) >= 11 is 0. The molecule has 0 aliphatic heterocycles. The molecule has 1 aliphatic rings. The number of aromatic nitrogens is 1. The molecule has 0 radical (unpaired) electrons. The van der Waals surface area contributed by atoms with Gasteiger partial charge in [0.05, 0.1) is 0 Å². The number of rotatable bonds is 0. The van der Waals surface area contributed by atoms with Gasteiger partial charge in [-0.25, -0.2) is 0 Å². The second kappa shape index (κ2) is 4.79. The van der Waals surface area contributed by atoms with Crippen molar-refractivity contribution in [1.29, 1.82) is 0 Å². The molecule has 90 valence electrons. The van der Waals surface area contributed by atoms with Crippen LogP contribution in [0.1, 0.15) is 44.0 Å². The Balaban J connectivity index is 0.000000514. The van der Waals surface area contributed by atoms with Gasteiger partial charge in [0.25, 0.3) is 0 Å². The third-order valence-electron chi connectivity index (χ3n) is 3.26. The van der Waals surface area contributed by atoms with Crippen LogP contribution >= 0.6 is 0 Å². The molecule has 1 aromatic heterocycles. The Morgan fingerprint density at radius 3 is 2.59 bits per heavy atom. The summed E-state index contributed by atoms with van der Waals surface area (Å²) in [7, 11) is 0. The number of hydrogen-bond acceptors (Lipinski definition) is 0. The zero-order valence-corrected chi connectivity index (χ0v) is 11.2. The third-order valence-corrected chi connectivity index (χ3v) is 3.26. The molecule has 0 atom stereocenters. The van der Waals surface area contributed by atoms with E-state index in [-0.39, 0.29) is 0 Å². The number of hydrogen-bond donors (Lipinski definition) is 1. The standard InChI is InChI=1S/C14H15N.C2H6/c1-9-3-5-12-11(7-9)4-6-14-13(12)8-10(2)15-14;1-2/h4,6-8,15H,3,5H2,1-2H3;1-2H3. The molecule has 1 N–H and O–H groups in total. The third kappa shape index (κ3) is 2.14. The average molecular weight is 227 g/mol. The van der Waals surface area contributed by atoms with E-state index < -0.39 is 0 Å². The van der Waals surface area contributed by atoms with E-state index in [1.807, 2.05) is 13.8 Å². The first-order valence-corrected chi connectivity index (χ1v) is 6.52. The van der Waals surface area contributed by atoms with Crippen LogP contribution in [0.15, 0.2) is 23.8 Å². The van der Waals surface area contributed by atoms with Crippen molar-refractivity contribution in [3.05, 3.63) is 40.6 Å². The maximum Gasteiger partial charge on any atom is 0.0459 e. The van der Waals surface area contributed by atoms with Crippen molar-refractivity contribution in [2.24, 2.45) is 0 Å². The summed E-state index contributed by atoms with van der Waals surface area (Å²) in [4.78, 5) is 3.40. The van der Waals surface area contributed by atoms with Gasteiger partial charge in [-0.3, -0.25) is 0 Å². The van der Waals surface area contributed by atoms with Crippen LogP contribution in [0.5, 0.6) is 0 Å². The van der Waals surface area contributed by atoms with Crippen LogP contribution in [0.4, 0.5) is 0 Å². The number of allylic oxidation sites excluding steroid dienone is 1. The van der Waals surface area contributed by atoms with Gasteiger partial charge in [-0.2, -0.15) is 0 Å². The molecule has 17 heavy (non-hydrogen) atoms. The molecule has 0 fully saturated rings. The normalized spacial score (nSPS) is 13.8. The average Bonchev–Trinajstić information content (AvgIpc) is 2.72. The number of aromatic amines is 1. The Labute approximate surface area is 104 Å². The molecule has 1 nitrogen and oxygen atoms in total. The molecular weight excluding hydrogens is 206 g/mol. The van der Waals surface area contributed by atoms with Crippen LogP contribution < -0.4 is 0 Å². The van der Waals surface area contributed by atoms with Crippen molar-refractivity contribution in [1.82, 2.24) is 4.98 Å². The van der Waals surface area contributed by atoms with E-state index in [0.717, 1.165) is 0 Å². The second-order valence-electron chi connectivity index (χ2n) is 4.54. The first kappa shape index (κ1) is 12.0.